The molecule has 198 valence electrons. The highest BCUT2D eigenvalue weighted by molar-refractivity contribution is 7.92. The minimum atomic E-state index is -3.95. The Kier molecular flexibility index (Phi) is 9.92. The maximum Gasteiger partial charge on any atom is 0.244 e. The fourth-order valence-corrected chi connectivity index (χ4v) is 4.82. The summed E-state index contributed by atoms with van der Waals surface area (Å²) in [5.41, 5.74) is 0.0819. The average molecular weight is 579 g/mol. The number of benzene rings is 2. The van der Waals surface area contributed by atoms with Gasteiger partial charge < -0.3 is 15.0 Å². The summed E-state index contributed by atoms with van der Waals surface area (Å²) < 4.78 is 31.7. The number of nitrogens with zero attached hydrogens (tertiary/aromatic N) is 2. The van der Waals surface area contributed by atoms with Gasteiger partial charge in [0.1, 0.15) is 18.3 Å². The lowest BCUT2D eigenvalue weighted by Gasteiger charge is -2.33. The predicted molar refractivity (Wildman–Crippen MR) is 145 cm³/mol. The van der Waals surface area contributed by atoms with E-state index in [2.05, 4.69) is 5.32 Å². The number of sulfonamides is 1. The van der Waals surface area contributed by atoms with Crippen molar-refractivity contribution in [1.82, 2.24) is 10.2 Å². The largest absolute Gasteiger partial charge is 0.495 e. The Morgan fingerprint density at radius 3 is 2.17 bits per heavy atom. The summed E-state index contributed by atoms with van der Waals surface area (Å²) in [5, 5.41) is 3.83. The lowest BCUT2D eigenvalue weighted by atomic mass is 10.1. The van der Waals surface area contributed by atoms with Crippen LogP contribution in [0.3, 0.4) is 0 Å². The summed E-state index contributed by atoms with van der Waals surface area (Å²) in [6.45, 7) is 6.35. The molecule has 2 aromatic rings. The van der Waals surface area contributed by atoms with Crippen LogP contribution in [-0.2, 0) is 26.2 Å². The highest BCUT2D eigenvalue weighted by Gasteiger charge is 2.32. The maximum atomic E-state index is 13.6. The number of hydrogen-bond acceptors (Lipinski definition) is 5. The number of nitrogens with one attached hydrogen (secondary N) is 1. The lowest BCUT2D eigenvalue weighted by molar-refractivity contribution is -0.140. The Morgan fingerprint density at radius 2 is 1.64 bits per heavy atom. The number of ether oxygens (including phenoxy) is 1. The summed E-state index contributed by atoms with van der Waals surface area (Å²) in [6.07, 6.45) is 0.969. The zero-order chi connectivity index (χ0) is 27.4. The van der Waals surface area contributed by atoms with E-state index < -0.39 is 40.0 Å². The Balaban J connectivity index is 2.51. The van der Waals surface area contributed by atoms with Crippen molar-refractivity contribution < 1.29 is 22.7 Å². The lowest BCUT2D eigenvalue weighted by Crippen LogP contribution is -2.54. The second kappa shape index (κ2) is 11.9. The summed E-state index contributed by atoms with van der Waals surface area (Å²) in [7, 11) is -2.58. The van der Waals surface area contributed by atoms with Gasteiger partial charge in [0.15, 0.2) is 0 Å². The van der Waals surface area contributed by atoms with Crippen LogP contribution >= 0.6 is 34.8 Å². The number of hydrogen-bond donors (Lipinski definition) is 1. The molecule has 0 saturated heterocycles. The van der Waals surface area contributed by atoms with Gasteiger partial charge in [0, 0.05) is 27.2 Å². The van der Waals surface area contributed by atoms with Crippen molar-refractivity contribution in [3.05, 3.63) is 57.0 Å². The second-order valence-corrected chi connectivity index (χ2v) is 12.4. The van der Waals surface area contributed by atoms with Crippen LogP contribution in [0, 0.1) is 0 Å². The molecule has 0 aliphatic heterocycles. The Bertz CT molecular complexity index is 1230. The number of methoxy groups -OCH3 is 1. The molecular formula is C24H30Cl3N3O5S. The first-order valence-electron chi connectivity index (χ1n) is 10.9. The monoisotopic (exact) mass is 577 g/mol. The van der Waals surface area contributed by atoms with E-state index in [1.54, 1.807) is 25.1 Å². The Morgan fingerprint density at radius 1 is 1.06 bits per heavy atom. The van der Waals surface area contributed by atoms with E-state index >= 15 is 0 Å². The van der Waals surface area contributed by atoms with Crippen LogP contribution in [0.1, 0.15) is 33.3 Å². The minimum Gasteiger partial charge on any atom is -0.495 e. The molecule has 0 aromatic heterocycles. The fraction of sp³-hybridized carbons (Fsp3) is 0.417. The highest BCUT2D eigenvalue weighted by Crippen LogP contribution is 2.33. The topological polar surface area (TPSA) is 96.0 Å². The third-order valence-corrected chi connectivity index (χ3v) is 7.06. The van der Waals surface area contributed by atoms with E-state index in [-0.39, 0.29) is 23.0 Å². The Labute approximate surface area is 227 Å². The molecule has 2 rings (SSSR count). The van der Waals surface area contributed by atoms with Crippen LogP contribution in [0.4, 0.5) is 5.69 Å². The average Bonchev–Trinajstić information content (AvgIpc) is 2.74. The normalized spacial score (nSPS) is 12.6. The van der Waals surface area contributed by atoms with Gasteiger partial charge in [0.2, 0.25) is 21.8 Å². The second-order valence-electron chi connectivity index (χ2n) is 9.26. The predicted octanol–water partition coefficient (Wildman–Crippen LogP) is 4.75. The van der Waals surface area contributed by atoms with Crippen LogP contribution in [0.5, 0.6) is 5.75 Å². The zero-order valence-electron chi connectivity index (χ0n) is 20.9. The molecule has 2 amide bonds. The van der Waals surface area contributed by atoms with E-state index in [0.29, 0.717) is 15.6 Å². The van der Waals surface area contributed by atoms with Crippen molar-refractivity contribution in [2.45, 2.75) is 45.8 Å². The van der Waals surface area contributed by atoms with E-state index in [0.717, 1.165) is 10.6 Å². The van der Waals surface area contributed by atoms with Crippen molar-refractivity contribution in [1.29, 1.82) is 0 Å². The third kappa shape index (κ3) is 8.16. The molecule has 0 heterocycles. The van der Waals surface area contributed by atoms with Crippen LogP contribution in [0.25, 0.3) is 0 Å². The van der Waals surface area contributed by atoms with Gasteiger partial charge in [-0.15, -0.1) is 0 Å². The molecule has 0 unspecified atom stereocenters. The van der Waals surface area contributed by atoms with Crippen molar-refractivity contribution >= 4 is 62.3 Å². The van der Waals surface area contributed by atoms with E-state index in [4.69, 9.17) is 39.5 Å². The molecular weight excluding hydrogens is 549 g/mol. The van der Waals surface area contributed by atoms with Crippen LogP contribution in [-0.4, -0.2) is 56.6 Å². The van der Waals surface area contributed by atoms with E-state index in [1.165, 1.54) is 30.2 Å². The van der Waals surface area contributed by atoms with Crippen LogP contribution in [0.2, 0.25) is 15.1 Å². The van der Waals surface area contributed by atoms with Gasteiger partial charge in [-0.25, -0.2) is 8.42 Å². The fourth-order valence-electron chi connectivity index (χ4n) is 3.34. The molecule has 12 heteroatoms. The summed E-state index contributed by atoms with van der Waals surface area (Å²) in [5.74, 6) is -0.833. The maximum absolute atomic E-state index is 13.6. The van der Waals surface area contributed by atoms with E-state index in [9.17, 15) is 18.0 Å². The molecule has 0 aliphatic carbocycles. The van der Waals surface area contributed by atoms with Gasteiger partial charge in [-0.1, -0.05) is 40.9 Å². The number of amides is 2. The number of halogens is 3. The van der Waals surface area contributed by atoms with E-state index in [1.807, 2.05) is 20.8 Å². The summed E-state index contributed by atoms with van der Waals surface area (Å²) in [4.78, 5) is 27.9. The van der Waals surface area contributed by atoms with Gasteiger partial charge in [-0.3, -0.25) is 13.9 Å². The molecule has 0 radical (unpaired) electrons. The van der Waals surface area contributed by atoms with Crippen molar-refractivity contribution in [3.63, 3.8) is 0 Å². The van der Waals surface area contributed by atoms with Crippen molar-refractivity contribution in [3.8, 4) is 5.75 Å². The number of rotatable bonds is 9. The van der Waals surface area contributed by atoms with Gasteiger partial charge in [0.25, 0.3) is 0 Å². The molecule has 8 nitrogen and oxygen atoms in total. The number of carbonyl (C=O) groups excluding carboxylic acids is 2. The molecule has 1 N–H and O–H groups in total. The smallest absolute Gasteiger partial charge is 0.244 e. The van der Waals surface area contributed by atoms with Gasteiger partial charge in [-0.05, 0) is 63.6 Å². The molecule has 2 aromatic carbocycles. The zero-order valence-corrected chi connectivity index (χ0v) is 24.0. The van der Waals surface area contributed by atoms with Gasteiger partial charge >= 0.3 is 0 Å². The van der Waals surface area contributed by atoms with Gasteiger partial charge in [0.05, 0.1) is 19.1 Å². The van der Waals surface area contributed by atoms with Crippen molar-refractivity contribution in [2.24, 2.45) is 0 Å². The first kappa shape index (κ1) is 30.0. The van der Waals surface area contributed by atoms with Crippen LogP contribution in [0.15, 0.2) is 36.4 Å². The summed E-state index contributed by atoms with van der Waals surface area (Å²) in [6, 6.07) is 8.28. The summed E-state index contributed by atoms with van der Waals surface area (Å²) >= 11 is 18.5. The standard InChI is InChI=1S/C24H30Cl3N3O5S/c1-15(23(32)28-24(2,3)4)29(13-16-7-8-17(25)11-19(16)27)22(31)14-30(36(6,33)34)20-12-18(26)9-10-21(20)35-5/h7-12,15H,13-14H2,1-6H3,(H,28,32)/t15-/m0/s1. The highest BCUT2D eigenvalue weighted by atomic mass is 35.5. The Hall–Kier alpha value is -2.20. The molecule has 0 bridgehead atoms. The molecule has 36 heavy (non-hydrogen) atoms. The molecule has 1 atom stereocenters. The minimum absolute atomic E-state index is 0.0577. The number of anilines is 1. The quantitative estimate of drug-likeness (QED) is 0.463. The van der Waals surface area contributed by atoms with Crippen LogP contribution < -0.4 is 14.4 Å². The molecule has 0 fully saturated rings. The molecule has 0 spiro atoms. The van der Waals surface area contributed by atoms with Crippen molar-refractivity contribution in [2.75, 3.05) is 24.2 Å². The number of carbonyl (C=O) groups is 2. The third-order valence-electron chi connectivity index (χ3n) is 5.11. The first-order chi connectivity index (χ1) is 16.5. The SMILES string of the molecule is COc1ccc(Cl)cc1N(CC(=O)N(Cc1ccc(Cl)cc1Cl)[C@@H](C)C(=O)NC(C)(C)C)S(C)(=O)=O. The molecule has 0 saturated carbocycles. The molecule has 0 aliphatic rings. The van der Waals surface area contributed by atoms with Gasteiger partial charge in [-0.2, -0.15) is 0 Å². The first-order valence-corrected chi connectivity index (χ1v) is 13.9.